The van der Waals surface area contributed by atoms with Gasteiger partial charge < -0.3 is 28.6 Å². The number of hydrogen-bond acceptors (Lipinski definition) is 11. The van der Waals surface area contributed by atoms with E-state index in [-0.39, 0.29) is 31.5 Å². The highest BCUT2D eigenvalue weighted by Gasteiger charge is 2.28. The minimum absolute atomic E-state index is 0.114. The van der Waals surface area contributed by atoms with Crippen LogP contribution in [0.1, 0.15) is 68.6 Å². The van der Waals surface area contributed by atoms with Gasteiger partial charge in [0, 0.05) is 48.0 Å². The van der Waals surface area contributed by atoms with E-state index in [1.165, 1.54) is 7.11 Å². The Morgan fingerprint density at radius 2 is 1.79 bits per heavy atom. The Morgan fingerprint density at radius 3 is 2.56 bits per heavy atom. The summed E-state index contributed by atoms with van der Waals surface area (Å²) in [7, 11) is 1.44. The van der Waals surface area contributed by atoms with Crippen LogP contribution in [0.2, 0.25) is 0 Å². The predicted octanol–water partition coefficient (Wildman–Crippen LogP) is 5.79. The molecule has 1 saturated heterocycles. The lowest BCUT2D eigenvalue weighted by Crippen LogP contribution is -2.28. The summed E-state index contributed by atoms with van der Waals surface area (Å²) in [6.45, 7) is 13.2. The minimum atomic E-state index is -0.549. The second kappa shape index (κ2) is 18.4. The third-order valence-corrected chi connectivity index (χ3v) is 8.97. The maximum atomic E-state index is 12.7. The monoisotopic (exact) mass is 715 g/mol. The molecule has 280 valence electrons. The lowest BCUT2D eigenvalue weighted by molar-refractivity contribution is -0.160. The Balaban J connectivity index is 1.20. The standard InChI is InChI=1S/C40H53N5O7/c1-28-20-29(2)45(43-28)35-21-32(22-36(24-35)51-19-18-49-16-17-50-27-38(47)52-40(3,4)5)33(23-37(46)48-6)26-44-15-13-30(25-44)9-11-34-12-10-31-8-7-14-41-39(31)42-34/h7-8,10,12,14,20-22,24,30,33H,9,11,13,15-19,23,25-27H2,1-6H3/t30-,33-/m1/s1. The van der Waals surface area contributed by atoms with Crippen molar-refractivity contribution in [1.82, 2.24) is 24.6 Å². The van der Waals surface area contributed by atoms with Gasteiger partial charge >= 0.3 is 11.9 Å². The Morgan fingerprint density at radius 1 is 0.981 bits per heavy atom. The van der Waals surface area contributed by atoms with E-state index in [1.54, 1.807) is 6.20 Å². The molecule has 3 aromatic heterocycles. The number of hydrogen-bond donors (Lipinski definition) is 0. The summed E-state index contributed by atoms with van der Waals surface area (Å²) in [5.74, 6) is 0.436. The molecular formula is C40H53N5O7. The normalized spacial score (nSPS) is 15.5. The molecule has 0 aliphatic carbocycles. The van der Waals surface area contributed by atoms with Gasteiger partial charge in [-0.05, 0) is 114 Å². The molecule has 0 N–H and O–H groups in total. The van der Waals surface area contributed by atoms with E-state index in [4.69, 9.17) is 33.8 Å². The topological polar surface area (TPSA) is 127 Å². The second-order valence-electron chi connectivity index (χ2n) is 14.5. The highest BCUT2D eigenvalue weighted by atomic mass is 16.6. The number of methoxy groups -OCH3 is 1. The second-order valence-corrected chi connectivity index (χ2v) is 14.5. The van der Waals surface area contributed by atoms with Gasteiger partial charge in [0.15, 0.2) is 5.65 Å². The van der Waals surface area contributed by atoms with E-state index in [9.17, 15) is 9.59 Å². The number of pyridine rings is 2. The SMILES string of the molecule is COC(=O)C[C@H](CN1CC[C@@H](CCc2ccc3cccnc3n2)C1)c1cc(OCCOCCOCC(=O)OC(C)(C)C)cc(-n2nc(C)cc2C)c1. The van der Waals surface area contributed by atoms with Crippen molar-refractivity contribution in [3.63, 3.8) is 0 Å². The van der Waals surface area contributed by atoms with E-state index in [1.807, 2.05) is 69.6 Å². The zero-order valence-corrected chi connectivity index (χ0v) is 31.4. The number of rotatable bonds is 18. The lowest BCUT2D eigenvalue weighted by atomic mass is 9.94. The minimum Gasteiger partial charge on any atom is -0.491 e. The van der Waals surface area contributed by atoms with Crippen molar-refractivity contribution in [1.29, 1.82) is 0 Å². The predicted molar refractivity (Wildman–Crippen MR) is 198 cm³/mol. The summed E-state index contributed by atoms with van der Waals surface area (Å²) in [6.07, 6.45) is 5.09. The van der Waals surface area contributed by atoms with Gasteiger partial charge in [-0.1, -0.05) is 0 Å². The number of likely N-dealkylation sites (tertiary alicyclic amines) is 1. The van der Waals surface area contributed by atoms with Crippen molar-refractivity contribution in [2.24, 2.45) is 5.92 Å². The van der Waals surface area contributed by atoms with Crippen LogP contribution in [0.5, 0.6) is 5.75 Å². The number of aryl methyl sites for hydroxylation is 3. The first-order valence-corrected chi connectivity index (χ1v) is 18.1. The van der Waals surface area contributed by atoms with Crippen molar-refractivity contribution in [3.05, 3.63) is 77.4 Å². The molecule has 1 fully saturated rings. The average molecular weight is 716 g/mol. The zero-order chi connectivity index (χ0) is 37.1. The molecule has 5 rings (SSSR count). The highest BCUT2D eigenvalue weighted by molar-refractivity contribution is 5.74. The molecule has 1 aliphatic heterocycles. The van der Waals surface area contributed by atoms with Crippen molar-refractivity contribution < 1.29 is 33.3 Å². The van der Waals surface area contributed by atoms with E-state index >= 15 is 0 Å². The molecule has 12 nitrogen and oxygen atoms in total. The maximum Gasteiger partial charge on any atom is 0.332 e. The van der Waals surface area contributed by atoms with E-state index < -0.39 is 11.6 Å². The summed E-state index contributed by atoms with van der Waals surface area (Å²) in [4.78, 5) is 36.2. The van der Waals surface area contributed by atoms with E-state index in [0.717, 1.165) is 78.3 Å². The van der Waals surface area contributed by atoms with Crippen LogP contribution in [0, 0.1) is 19.8 Å². The molecule has 4 aromatic rings. The number of nitrogens with zero attached hydrogens (tertiary/aromatic N) is 5. The van der Waals surface area contributed by atoms with E-state index in [2.05, 4.69) is 28.1 Å². The fourth-order valence-corrected chi connectivity index (χ4v) is 6.58. The molecule has 0 spiro atoms. The summed E-state index contributed by atoms with van der Waals surface area (Å²) in [5, 5.41) is 5.78. The number of ether oxygens (including phenoxy) is 5. The highest BCUT2D eigenvalue weighted by Crippen LogP contribution is 2.32. The summed E-state index contributed by atoms with van der Waals surface area (Å²) in [6, 6.07) is 16.3. The Bertz CT molecular complexity index is 1790. The molecule has 0 saturated carbocycles. The summed E-state index contributed by atoms with van der Waals surface area (Å²) in [5.41, 5.74) is 5.07. The van der Waals surface area contributed by atoms with Crippen molar-refractivity contribution in [2.75, 3.05) is 59.8 Å². The van der Waals surface area contributed by atoms with Gasteiger partial charge in [-0.3, -0.25) is 4.79 Å². The van der Waals surface area contributed by atoms with Crippen molar-refractivity contribution in [2.45, 2.75) is 71.8 Å². The summed E-state index contributed by atoms with van der Waals surface area (Å²) >= 11 is 0. The maximum absolute atomic E-state index is 12.7. The number of fused-ring (bicyclic) bond motifs is 1. The number of esters is 2. The van der Waals surface area contributed by atoms with Gasteiger partial charge in [0.05, 0.1) is 44.7 Å². The molecule has 0 amide bonds. The third-order valence-electron chi connectivity index (χ3n) is 8.97. The molecule has 1 aromatic carbocycles. The first-order valence-electron chi connectivity index (χ1n) is 18.1. The third kappa shape index (κ3) is 11.8. The van der Waals surface area contributed by atoms with Crippen LogP contribution >= 0.6 is 0 Å². The first kappa shape index (κ1) is 38.8. The van der Waals surface area contributed by atoms with Crippen LogP contribution in [0.4, 0.5) is 0 Å². The zero-order valence-electron chi connectivity index (χ0n) is 31.4. The molecule has 0 unspecified atom stereocenters. The van der Waals surface area contributed by atoms with Gasteiger partial charge in [-0.2, -0.15) is 5.10 Å². The van der Waals surface area contributed by atoms with Crippen LogP contribution in [0.3, 0.4) is 0 Å². The van der Waals surface area contributed by atoms with Gasteiger partial charge in [0.25, 0.3) is 0 Å². The van der Waals surface area contributed by atoms with Gasteiger partial charge in [-0.25, -0.2) is 19.4 Å². The van der Waals surface area contributed by atoms with Crippen molar-refractivity contribution in [3.8, 4) is 11.4 Å². The first-order chi connectivity index (χ1) is 25.0. The molecular weight excluding hydrogens is 662 g/mol. The molecule has 12 heteroatoms. The van der Waals surface area contributed by atoms with Crippen molar-refractivity contribution >= 4 is 23.0 Å². The van der Waals surface area contributed by atoms with Crippen LogP contribution in [-0.2, 0) is 35.0 Å². The molecule has 1 aliphatic rings. The lowest BCUT2D eigenvalue weighted by Gasteiger charge is -2.25. The number of carbonyl (C=O) groups is 2. The van der Waals surface area contributed by atoms with Gasteiger partial charge in [0.2, 0.25) is 0 Å². The van der Waals surface area contributed by atoms with Crippen LogP contribution in [0.25, 0.3) is 16.7 Å². The van der Waals surface area contributed by atoms with Crippen LogP contribution in [0.15, 0.2) is 54.7 Å². The quantitative estimate of drug-likeness (QED) is 0.0918. The fourth-order valence-electron chi connectivity index (χ4n) is 6.58. The smallest absolute Gasteiger partial charge is 0.332 e. The molecule has 0 radical (unpaired) electrons. The van der Waals surface area contributed by atoms with Crippen LogP contribution < -0.4 is 4.74 Å². The summed E-state index contributed by atoms with van der Waals surface area (Å²) < 4.78 is 29.6. The number of aromatic nitrogens is 4. The molecule has 4 heterocycles. The van der Waals surface area contributed by atoms with Gasteiger partial charge in [0.1, 0.15) is 24.6 Å². The molecule has 2 atom stereocenters. The fraction of sp³-hybridized carbons (Fsp3) is 0.525. The van der Waals surface area contributed by atoms with E-state index in [0.29, 0.717) is 31.5 Å². The molecule has 52 heavy (non-hydrogen) atoms. The average Bonchev–Trinajstić information content (AvgIpc) is 3.71. The van der Waals surface area contributed by atoms with Gasteiger partial charge in [-0.15, -0.1) is 0 Å². The Kier molecular flexibility index (Phi) is 13.7. The van der Waals surface area contributed by atoms with Crippen LogP contribution in [-0.4, -0.2) is 102 Å². The Labute approximate surface area is 306 Å². The Hall–Kier alpha value is -4.39. The largest absolute Gasteiger partial charge is 0.491 e. The number of benzene rings is 1. The number of carbonyl (C=O) groups excluding carboxylic acids is 2. The molecule has 0 bridgehead atoms.